The lowest BCUT2D eigenvalue weighted by Gasteiger charge is -2.11. The molecule has 0 bridgehead atoms. The van der Waals surface area contributed by atoms with Gasteiger partial charge in [-0.25, -0.2) is 13.1 Å². The van der Waals surface area contributed by atoms with Crippen LogP contribution in [-0.4, -0.2) is 38.4 Å². The molecule has 3 N–H and O–H groups in total. The molecule has 0 saturated carbocycles. The maximum atomic E-state index is 13.2. The fraction of sp³-hybridized carbons (Fsp3) is 0.212. The van der Waals surface area contributed by atoms with Crippen molar-refractivity contribution >= 4 is 55.1 Å². The van der Waals surface area contributed by atoms with Crippen molar-refractivity contribution in [3.8, 4) is 5.75 Å². The van der Waals surface area contributed by atoms with Crippen molar-refractivity contribution in [3.05, 3.63) is 106 Å². The van der Waals surface area contributed by atoms with Gasteiger partial charge in [0.25, 0.3) is 15.9 Å². The van der Waals surface area contributed by atoms with E-state index in [2.05, 4.69) is 15.0 Å². The Labute approximate surface area is 255 Å². The number of nitrogens with one attached hydrogen (secondary N) is 3. The van der Waals surface area contributed by atoms with Crippen molar-refractivity contribution in [2.24, 2.45) is 0 Å². The second-order valence-corrected chi connectivity index (χ2v) is 12.5. The number of ether oxygens (including phenoxy) is 1. The van der Waals surface area contributed by atoms with Crippen LogP contribution in [0.1, 0.15) is 40.0 Å². The molecule has 5 rings (SSSR count). The van der Waals surface area contributed by atoms with Gasteiger partial charge in [-0.05, 0) is 84.5 Å². The number of aryl methyl sites for hydroxylation is 3. The summed E-state index contributed by atoms with van der Waals surface area (Å²) in [5.41, 5.74) is 3.98. The number of hydrogen-bond acceptors (Lipinski definition) is 5. The number of amides is 2. The monoisotopic (exact) mass is 617 g/mol. The maximum Gasteiger partial charge on any atom is 0.268 e. The lowest BCUT2D eigenvalue weighted by molar-refractivity contribution is -0.119. The second kappa shape index (κ2) is 12.9. The van der Waals surface area contributed by atoms with Crippen LogP contribution in [0.4, 0.5) is 0 Å². The van der Waals surface area contributed by atoms with E-state index >= 15 is 0 Å². The highest BCUT2D eigenvalue weighted by Crippen LogP contribution is 2.27. The average molecular weight is 618 g/mol. The van der Waals surface area contributed by atoms with E-state index in [1.807, 2.05) is 68.4 Å². The van der Waals surface area contributed by atoms with Crippen molar-refractivity contribution in [1.29, 1.82) is 0 Å². The molecule has 222 valence electrons. The van der Waals surface area contributed by atoms with E-state index < -0.39 is 15.9 Å². The summed E-state index contributed by atoms with van der Waals surface area (Å²) >= 11 is 6.26. The van der Waals surface area contributed by atoms with Crippen LogP contribution in [0, 0.1) is 13.8 Å². The highest BCUT2D eigenvalue weighted by Gasteiger charge is 2.20. The first-order chi connectivity index (χ1) is 20.6. The standard InChI is InChI=1S/C33H32ClN3O5S/c1-21-18-25(19-22(2)31(21)34)42-17-7-11-28-27-10-5-6-12-29(27)36-32(28)33(39)35-16-15-30(38)37-43(40,41)26-14-13-23-8-3-4-9-24(23)20-26/h3-6,8-10,12-14,18-20,36H,7,11,15-17H2,1-2H3,(H,35,39)(H,37,38). The molecule has 1 aromatic heterocycles. The zero-order chi connectivity index (χ0) is 30.6. The molecule has 10 heteroatoms. The van der Waals surface area contributed by atoms with Gasteiger partial charge in [-0.3, -0.25) is 9.59 Å². The molecule has 1 heterocycles. The summed E-state index contributed by atoms with van der Waals surface area (Å²) in [7, 11) is -4.05. The Hall–Kier alpha value is -4.34. The summed E-state index contributed by atoms with van der Waals surface area (Å²) in [5, 5.41) is 6.05. The van der Waals surface area contributed by atoms with Gasteiger partial charge in [0.15, 0.2) is 0 Å². The van der Waals surface area contributed by atoms with Gasteiger partial charge in [-0.15, -0.1) is 0 Å². The molecule has 0 atom stereocenters. The van der Waals surface area contributed by atoms with Crippen LogP contribution in [0.25, 0.3) is 21.7 Å². The van der Waals surface area contributed by atoms with Gasteiger partial charge >= 0.3 is 0 Å². The minimum atomic E-state index is -4.05. The Balaban J connectivity index is 1.18. The van der Waals surface area contributed by atoms with Gasteiger partial charge < -0.3 is 15.0 Å². The van der Waals surface area contributed by atoms with Crippen LogP contribution in [0.3, 0.4) is 0 Å². The average Bonchev–Trinajstić information content (AvgIpc) is 3.36. The number of sulfonamides is 1. The quantitative estimate of drug-likeness (QED) is 0.152. The molecular formula is C33H32ClN3O5S. The number of aromatic nitrogens is 1. The number of rotatable bonds is 11. The number of benzene rings is 4. The Morgan fingerprint density at radius 3 is 2.37 bits per heavy atom. The summed E-state index contributed by atoms with van der Waals surface area (Å²) in [6, 6.07) is 23.5. The van der Waals surface area contributed by atoms with Crippen molar-refractivity contribution in [3.63, 3.8) is 0 Å². The molecule has 0 fully saturated rings. The highest BCUT2D eigenvalue weighted by atomic mass is 35.5. The largest absolute Gasteiger partial charge is 0.494 e. The zero-order valence-electron chi connectivity index (χ0n) is 23.9. The molecule has 0 aliphatic carbocycles. The number of halogens is 1. The molecule has 0 aliphatic rings. The summed E-state index contributed by atoms with van der Waals surface area (Å²) in [4.78, 5) is 28.9. The predicted molar refractivity (Wildman–Crippen MR) is 169 cm³/mol. The van der Waals surface area contributed by atoms with Gasteiger partial charge in [0.2, 0.25) is 5.91 Å². The second-order valence-electron chi connectivity index (χ2n) is 10.4. The van der Waals surface area contributed by atoms with E-state index in [1.165, 1.54) is 12.1 Å². The summed E-state index contributed by atoms with van der Waals surface area (Å²) in [5.74, 6) is -0.339. The maximum absolute atomic E-state index is 13.2. The van der Waals surface area contributed by atoms with Crippen molar-refractivity contribution in [2.75, 3.05) is 13.2 Å². The smallest absolute Gasteiger partial charge is 0.268 e. The van der Waals surface area contributed by atoms with Gasteiger partial charge in [0.05, 0.1) is 11.5 Å². The third-order valence-corrected chi connectivity index (χ3v) is 9.17. The van der Waals surface area contributed by atoms with E-state index in [0.717, 1.165) is 49.1 Å². The van der Waals surface area contributed by atoms with Crippen LogP contribution in [-0.2, 0) is 21.2 Å². The van der Waals surface area contributed by atoms with E-state index in [9.17, 15) is 18.0 Å². The molecular weight excluding hydrogens is 586 g/mol. The van der Waals surface area contributed by atoms with Crippen molar-refractivity contribution < 1.29 is 22.7 Å². The normalized spacial score (nSPS) is 11.5. The van der Waals surface area contributed by atoms with E-state index in [0.29, 0.717) is 25.1 Å². The number of carbonyl (C=O) groups is 2. The molecule has 0 spiro atoms. The fourth-order valence-electron chi connectivity index (χ4n) is 5.05. The number of carbonyl (C=O) groups excluding carboxylic acids is 2. The third-order valence-electron chi connectivity index (χ3n) is 7.21. The van der Waals surface area contributed by atoms with Crippen LogP contribution in [0.5, 0.6) is 5.75 Å². The third kappa shape index (κ3) is 7.01. The Bertz CT molecular complexity index is 1910. The minimum absolute atomic E-state index is 0.00314. The first-order valence-electron chi connectivity index (χ1n) is 13.9. The Morgan fingerprint density at radius 1 is 0.907 bits per heavy atom. The molecule has 43 heavy (non-hydrogen) atoms. The molecule has 5 aromatic rings. The highest BCUT2D eigenvalue weighted by molar-refractivity contribution is 7.90. The molecule has 4 aromatic carbocycles. The van der Waals surface area contributed by atoms with Crippen LogP contribution in [0.2, 0.25) is 5.02 Å². The Kier molecular flexibility index (Phi) is 9.03. The number of hydrogen-bond donors (Lipinski definition) is 3. The SMILES string of the molecule is Cc1cc(OCCCc2c(C(=O)NCCC(=O)NS(=O)(=O)c3ccc4ccccc4c3)[nH]c3ccccc23)cc(C)c1Cl. The lowest BCUT2D eigenvalue weighted by Crippen LogP contribution is -2.34. The molecule has 0 aliphatic heterocycles. The first kappa shape index (κ1) is 30.1. The molecule has 8 nitrogen and oxygen atoms in total. The molecule has 2 amide bonds. The van der Waals surface area contributed by atoms with Crippen LogP contribution in [0.15, 0.2) is 83.8 Å². The van der Waals surface area contributed by atoms with E-state index in [-0.39, 0.29) is 23.8 Å². The molecule has 0 saturated heterocycles. The molecule has 0 radical (unpaired) electrons. The summed E-state index contributed by atoms with van der Waals surface area (Å²) in [6.07, 6.45) is 1.04. The zero-order valence-corrected chi connectivity index (χ0v) is 25.4. The van der Waals surface area contributed by atoms with Gasteiger partial charge in [0.1, 0.15) is 11.4 Å². The minimum Gasteiger partial charge on any atom is -0.494 e. The first-order valence-corrected chi connectivity index (χ1v) is 15.8. The van der Waals surface area contributed by atoms with Crippen LogP contribution >= 0.6 is 11.6 Å². The lowest BCUT2D eigenvalue weighted by atomic mass is 10.1. The number of aromatic amines is 1. The topological polar surface area (TPSA) is 117 Å². The Morgan fingerprint density at radius 2 is 1.60 bits per heavy atom. The van der Waals surface area contributed by atoms with Crippen molar-refractivity contribution in [1.82, 2.24) is 15.0 Å². The van der Waals surface area contributed by atoms with E-state index in [1.54, 1.807) is 12.1 Å². The van der Waals surface area contributed by atoms with E-state index in [4.69, 9.17) is 16.3 Å². The van der Waals surface area contributed by atoms with Crippen molar-refractivity contribution in [2.45, 2.75) is 38.0 Å². The fourth-order valence-corrected chi connectivity index (χ4v) is 6.21. The van der Waals surface area contributed by atoms with Gasteiger partial charge in [-0.1, -0.05) is 60.1 Å². The summed E-state index contributed by atoms with van der Waals surface area (Å²) < 4.78 is 33.6. The van der Waals surface area contributed by atoms with Gasteiger partial charge in [0, 0.05) is 28.9 Å². The number of fused-ring (bicyclic) bond motifs is 2. The van der Waals surface area contributed by atoms with Crippen LogP contribution < -0.4 is 14.8 Å². The molecule has 0 unspecified atom stereocenters. The summed E-state index contributed by atoms with van der Waals surface area (Å²) in [6.45, 7) is 4.29. The number of H-pyrrole nitrogens is 1. The number of para-hydroxylation sites is 1. The van der Waals surface area contributed by atoms with Gasteiger partial charge in [-0.2, -0.15) is 0 Å². The predicted octanol–water partition coefficient (Wildman–Crippen LogP) is 6.23.